The zero-order valence-electron chi connectivity index (χ0n) is 12.7. The minimum atomic E-state index is -1.09. The minimum Gasteiger partial charge on any atom is -0.326 e. The van der Waals surface area contributed by atoms with Gasteiger partial charge in [-0.05, 0) is 28.6 Å². The summed E-state index contributed by atoms with van der Waals surface area (Å²) in [6, 6.07) is 6.82. The summed E-state index contributed by atoms with van der Waals surface area (Å²) in [4.78, 5) is 36.3. The number of carbonyl (C=O) groups excluding carboxylic acids is 1. The number of tetrazole rings is 1. The van der Waals surface area contributed by atoms with Crippen LogP contribution in [0.5, 0.6) is 0 Å². The summed E-state index contributed by atoms with van der Waals surface area (Å²) in [6.45, 7) is -0.0783. The van der Waals surface area contributed by atoms with Crippen LogP contribution in [0.2, 0.25) is 0 Å². The number of aryl methyl sites for hydroxylation is 1. The van der Waals surface area contributed by atoms with Crippen molar-refractivity contribution in [3.05, 3.63) is 63.4 Å². The molecule has 3 rings (SSSR count). The Hall–Kier alpha value is -3.63. The highest BCUT2D eigenvalue weighted by molar-refractivity contribution is 5.90. The molecule has 128 valence electrons. The van der Waals surface area contributed by atoms with Crippen LogP contribution in [-0.2, 0) is 11.3 Å². The van der Waals surface area contributed by atoms with Crippen LogP contribution in [0, 0.1) is 5.82 Å². The molecule has 2 aromatic heterocycles. The summed E-state index contributed by atoms with van der Waals surface area (Å²) in [7, 11) is 0. The van der Waals surface area contributed by atoms with Gasteiger partial charge in [-0.3, -0.25) is 19.1 Å². The van der Waals surface area contributed by atoms with E-state index < -0.39 is 17.1 Å². The van der Waals surface area contributed by atoms with E-state index in [1.165, 1.54) is 11.0 Å². The maximum Gasteiger partial charge on any atom is 0.328 e. The number of nitrogens with zero attached hydrogens (tertiary/aromatic N) is 5. The molecule has 1 amide bonds. The summed E-state index contributed by atoms with van der Waals surface area (Å²) in [5.41, 5.74) is -0.704. The molecule has 0 saturated carbocycles. The van der Waals surface area contributed by atoms with Crippen LogP contribution in [0.1, 0.15) is 6.42 Å². The van der Waals surface area contributed by atoms with Gasteiger partial charge >= 0.3 is 5.69 Å². The number of hydrogen-bond donors (Lipinski definition) is 2. The van der Waals surface area contributed by atoms with E-state index >= 15 is 0 Å². The van der Waals surface area contributed by atoms with E-state index in [1.807, 2.05) is 4.98 Å². The van der Waals surface area contributed by atoms with Crippen LogP contribution in [0.3, 0.4) is 0 Å². The number of carbonyl (C=O) groups is 1. The van der Waals surface area contributed by atoms with Crippen molar-refractivity contribution in [2.45, 2.75) is 13.0 Å². The Morgan fingerprint density at radius 2 is 2.16 bits per heavy atom. The fraction of sp³-hybridized carbons (Fsp3) is 0.143. The number of anilines is 1. The summed E-state index contributed by atoms with van der Waals surface area (Å²) in [5.74, 6) is -1.47. The Kier molecular flexibility index (Phi) is 4.46. The number of nitrogens with one attached hydrogen (secondary N) is 2. The first-order chi connectivity index (χ1) is 12.0. The van der Waals surface area contributed by atoms with E-state index in [9.17, 15) is 18.8 Å². The highest BCUT2D eigenvalue weighted by Crippen LogP contribution is 2.13. The number of aromatic amines is 1. The molecule has 1 aromatic carbocycles. The summed E-state index contributed by atoms with van der Waals surface area (Å²) in [5, 5.41) is 13.5. The predicted molar refractivity (Wildman–Crippen MR) is 83.7 cm³/mol. The molecule has 2 heterocycles. The number of aromatic nitrogens is 6. The average Bonchev–Trinajstić information content (AvgIpc) is 3.12. The monoisotopic (exact) mass is 345 g/mol. The molecule has 0 bridgehead atoms. The lowest BCUT2D eigenvalue weighted by atomic mass is 10.2. The van der Waals surface area contributed by atoms with Crippen LogP contribution in [0.15, 0.2) is 46.4 Å². The topological polar surface area (TPSA) is 128 Å². The van der Waals surface area contributed by atoms with Gasteiger partial charge in [0.2, 0.25) is 11.7 Å². The Balaban J connectivity index is 1.65. The van der Waals surface area contributed by atoms with Crippen molar-refractivity contribution in [3.63, 3.8) is 0 Å². The molecule has 0 unspecified atom stereocenters. The van der Waals surface area contributed by atoms with Crippen molar-refractivity contribution in [1.82, 2.24) is 29.8 Å². The maximum absolute atomic E-state index is 13.2. The molecule has 0 aliphatic carbocycles. The fourth-order valence-electron chi connectivity index (χ4n) is 2.10. The van der Waals surface area contributed by atoms with Crippen molar-refractivity contribution in [2.75, 3.05) is 5.32 Å². The third-order valence-electron chi connectivity index (χ3n) is 3.29. The molecule has 0 aliphatic rings. The van der Waals surface area contributed by atoms with Gasteiger partial charge in [-0.15, -0.1) is 5.10 Å². The molecule has 2 N–H and O–H groups in total. The summed E-state index contributed by atoms with van der Waals surface area (Å²) >= 11 is 0. The fourth-order valence-corrected chi connectivity index (χ4v) is 2.10. The first-order valence-electron chi connectivity index (χ1n) is 7.15. The average molecular weight is 345 g/mol. The largest absolute Gasteiger partial charge is 0.328 e. The van der Waals surface area contributed by atoms with Crippen molar-refractivity contribution in [2.24, 2.45) is 0 Å². The number of halogens is 1. The first kappa shape index (κ1) is 16.2. The van der Waals surface area contributed by atoms with Gasteiger partial charge in [0, 0.05) is 18.7 Å². The van der Waals surface area contributed by atoms with Crippen molar-refractivity contribution in [1.29, 1.82) is 0 Å². The zero-order valence-corrected chi connectivity index (χ0v) is 12.7. The van der Waals surface area contributed by atoms with Crippen molar-refractivity contribution >= 4 is 11.6 Å². The summed E-state index contributed by atoms with van der Waals surface area (Å²) in [6.07, 6.45) is 2.10. The van der Waals surface area contributed by atoms with Crippen molar-refractivity contribution < 1.29 is 9.18 Å². The lowest BCUT2D eigenvalue weighted by Gasteiger charge is -2.08. The zero-order chi connectivity index (χ0) is 17.8. The molecule has 11 heteroatoms. The van der Waals surface area contributed by atoms with Gasteiger partial charge in [-0.1, -0.05) is 6.07 Å². The van der Waals surface area contributed by atoms with Gasteiger partial charge in [0.05, 0.1) is 11.9 Å². The Bertz CT molecular complexity index is 1010. The highest BCUT2D eigenvalue weighted by Gasteiger charge is 2.08. The summed E-state index contributed by atoms with van der Waals surface area (Å²) < 4.78 is 15.5. The molecule has 0 aliphatic heterocycles. The number of benzene rings is 1. The first-order valence-corrected chi connectivity index (χ1v) is 7.15. The van der Waals surface area contributed by atoms with Gasteiger partial charge in [-0.25, -0.2) is 9.48 Å². The normalized spacial score (nSPS) is 10.6. The molecule has 10 nitrogen and oxygen atoms in total. The van der Waals surface area contributed by atoms with Crippen LogP contribution >= 0.6 is 0 Å². The third kappa shape index (κ3) is 3.83. The molecular weight excluding hydrogens is 333 g/mol. The molecule has 0 radical (unpaired) electrons. The lowest BCUT2D eigenvalue weighted by Crippen LogP contribution is -2.32. The maximum atomic E-state index is 13.2. The van der Waals surface area contributed by atoms with Gasteiger partial charge in [-0.2, -0.15) is 4.39 Å². The minimum absolute atomic E-state index is 0.0783. The van der Waals surface area contributed by atoms with Crippen LogP contribution in [-0.4, -0.2) is 35.7 Å². The molecule has 0 saturated heterocycles. The van der Waals surface area contributed by atoms with E-state index in [0.717, 1.165) is 10.8 Å². The molecule has 0 spiro atoms. The second-order valence-corrected chi connectivity index (χ2v) is 5.03. The van der Waals surface area contributed by atoms with Crippen LogP contribution in [0.4, 0.5) is 10.1 Å². The van der Waals surface area contributed by atoms with Crippen LogP contribution in [0.25, 0.3) is 5.69 Å². The number of hydrogen-bond acceptors (Lipinski definition) is 6. The van der Waals surface area contributed by atoms with E-state index in [4.69, 9.17) is 0 Å². The Morgan fingerprint density at radius 1 is 1.32 bits per heavy atom. The van der Waals surface area contributed by atoms with Gasteiger partial charge in [0.1, 0.15) is 6.33 Å². The highest BCUT2D eigenvalue weighted by atomic mass is 19.1. The molecule has 25 heavy (non-hydrogen) atoms. The van der Waals surface area contributed by atoms with Crippen molar-refractivity contribution in [3.8, 4) is 5.69 Å². The predicted octanol–water partition coefficient (Wildman–Crippen LogP) is -0.320. The Morgan fingerprint density at radius 3 is 2.92 bits per heavy atom. The molecular formula is C14H12FN7O3. The van der Waals surface area contributed by atoms with E-state index in [2.05, 4.69) is 20.8 Å². The second-order valence-electron chi connectivity index (χ2n) is 5.03. The SMILES string of the molecule is O=C(CCn1cc(F)c(=O)[nH]c1=O)Nc1cccc(-n2cnnn2)c1. The van der Waals surface area contributed by atoms with Gasteiger partial charge < -0.3 is 5.32 Å². The van der Waals surface area contributed by atoms with Gasteiger partial charge in [0.25, 0.3) is 5.56 Å². The number of amides is 1. The molecule has 0 fully saturated rings. The third-order valence-corrected chi connectivity index (χ3v) is 3.29. The van der Waals surface area contributed by atoms with E-state index in [1.54, 1.807) is 24.3 Å². The second kappa shape index (κ2) is 6.86. The Labute approximate surface area is 138 Å². The number of H-pyrrole nitrogens is 1. The van der Waals surface area contributed by atoms with Gasteiger partial charge in [0.15, 0.2) is 0 Å². The molecule has 0 atom stereocenters. The standard InChI is InChI=1S/C14H12FN7O3/c15-11-7-21(14(25)18-13(11)24)5-4-12(23)17-9-2-1-3-10(6-9)22-8-16-19-20-22/h1-3,6-8H,4-5H2,(H,17,23)(H,18,24,25). The quantitative estimate of drug-likeness (QED) is 0.652. The van der Waals surface area contributed by atoms with E-state index in [0.29, 0.717) is 11.4 Å². The smallest absolute Gasteiger partial charge is 0.326 e. The number of rotatable bonds is 5. The van der Waals surface area contributed by atoms with E-state index in [-0.39, 0.29) is 18.9 Å². The molecule has 3 aromatic rings. The van der Waals surface area contributed by atoms with Crippen LogP contribution < -0.4 is 16.6 Å². The lowest BCUT2D eigenvalue weighted by molar-refractivity contribution is -0.116.